The normalized spacial score (nSPS) is 30.7. The van der Waals surface area contributed by atoms with Gasteiger partial charge in [-0.05, 0) is 74.7 Å². The van der Waals surface area contributed by atoms with E-state index in [2.05, 4.69) is 73.3 Å². The summed E-state index contributed by atoms with van der Waals surface area (Å²) in [5.74, 6) is -0.565. The summed E-state index contributed by atoms with van der Waals surface area (Å²) in [6, 6.07) is 14.4. The summed E-state index contributed by atoms with van der Waals surface area (Å²) in [5.41, 5.74) is 0.323. The van der Waals surface area contributed by atoms with Gasteiger partial charge in [0.1, 0.15) is 31.2 Å². The second kappa shape index (κ2) is 18.8. The zero-order chi connectivity index (χ0) is 38.3. The van der Waals surface area contributed by atoms with E-state index in [1.807, 2.05) is 39.0 Å². The summed E-state index contributed by atoms with van der Waals surface area (Å²) >= 11 is 0. The molecule has 0 saturated carbocycles. The zero-order valence-corrected chi connectivity index (χ0v) is 36.5. The smallest absolute Gasteiger partial charge is 0.192 e. The first kappa shape index (κ1) is 43.7. The maximum absolute atomic E-state index is 13.3. The standard InChI is InChI=1S/C41H72O9Si2/c1-13-41(38-36(47-40(8,9)48-38)39(49-41)45-26-32-20-18-17-19-21-32)37-31(7)25-34(46-37)35(50-52(14-2,15-3)16-4)30(6)24-29(5)33(42)27-44-28-43-22-23-51(10,11)12/h17-21,29-31,34-39H,13-16,22-28H2,1-12H3/t29-,30+,31+,34-,35+,36+,37-,38-,39+,41-/m1/s1. The van der Waals surface area contributed by atoms with E-state index >= 15 is 0 Å². The van der Waals surface area contributed by atoms with Gasteiger partial charge in [-0.2, -0.15) is 0 Å². The minimum atomic E-state index is -2.03. The summed E-state index contributed by atoms with van der Waals surface area (Å²) in [6.45, 7) is 27.7. The largest absolute Gasteiger partial charge is 0.411 e. The molecule has 3 aliphatic rings. The van der Waals surface area contributed by atoms with Crippen LogP contribution in [0, 0.1) is 17.8 Å². The molecule has 0 aliphatic carbocycles. The molecule has 3 saturated heterocycles. The van der Waals surface area contributed by atoms with Gasteiger partial charge in [0.05, 0.1) is 24.9 Å². The van der Waals surface area contributed by atoms with Crippen LogP contribution in [-0.4, -0.2) is 90.4 Å². The number of rotatable bonds is 22. The van der Waals surface area contributed by atoms with Crippen molar-refractivity contribution in [1.82, 2.24) is 0 Å². The van der Waals surface area contributed by atoms with Gasteiger partial charge >= 0.3 is 0 Å². The van der Waals surface area contributed by atoms with E-state index in [1.54, 1.807) is 0 Å². The Morgan fingerprint density at radius 1 is 0.942 bits per heavy atom. The fraction of sp³-hybridized carbons (Fsp3) is 0.829. The van der Waals surface area contributed by atoms with E-state index < -0.39 is 34.1 Å². The van der Waals surface area contributed by atoms with Gasteiger partial charge in [0.15, 0.2) is 26.2 Å². The Kier molecular flexibility index (Phi) is 15.8. The molecule has 0 spiro atoms. The quantitative estimate of drug-likeness (QED) is 0.0652. The zero-order valence-electron chi connectivity index (χ0n) is 34.5. The van der Waals surface area contributed by atoms with Gasteiger partial charge in [-0.1, -0.05) is 98.4 Å². The van der Waals surface area contributed by atoms with Crippen molar-refractivity contribution in [2.45, 2.75) is 180 Å². The average Bonchev–Trinajstić information content (AvgIpc) is 3.74. The van der Waals surface area contributed by atoms with E-state index in [-0.39, 0.29) is 67.5 Å². The Morgan fingerprint density at radius 2 is 1.62 bits per heavy atom. The van der Waals surface area contributed by atoms with Crippen LogP contribution in [0.15, 0.2) is 30.3 Å². The van der Waals surface area contributed by atoms with Crippen LogP contribution in [-0.2, 0) is 49.0 Å². The summed E-state index contributed by atoms with van der Waals surface area (Å²) in [6.07, 6.45) is 0.381. The second-order valence-electron chi connectivity index (χ2n) is 17.5. The lowest BCUT2D eigenvalue weighted by atomic mass is 9.80. The van der Waals surface area contributed by atoms with Gasteiger partial charge in [0, 0.05) is 20.6 Å². The molecular formula is C41H72O9Si2. The molecular weight excluding hydrogens is 693 g/mol. The number of hydrogen-bond acceptors (Lipinski definition) is 9. The number of carbonyl (C=O) groups excluding carboxylic acids is 1. The number of carbonyl (C=O) groups is 1. The molecule has 0 amide bonds. The Labute approximate surface area is 317 Å². The van der Waals surface area contributed by atoms with Crippen LogP contribution in [0.3, 0.4) is 0 Å². The maximum atomic E-state index is 13.3. The summed E-state index contributed by atoms with van der Waals surface area (Å²) in [5, 5.41) is 0. The minimum Gasteiger partial charge on any atom is -0.411 e. The molecule has 3 heterocycles. The van der Waals surface area contributed by atoms with Crippen molar-refractivity contribution in [1.29, 1.82) is 0 Å². The molecule has 10 atom stereocenters. The molecule has 0 bridgehead atoms. The minimum absolute atomic E-state index is 0.0633. The molecule has 0 aromatic heterocycles. The number of Topliss-reactive ketones (excluding diaryl/α,β-unsaturated/α-hetero) is 1. The molecule has 0 N–H and O–H groups in total. The van der Waals surface area contributed by atoms with Gasteiger partial charge < -0.3 is 37.6 Å². The van der Waals surface area contributed by atoms with Crippen LogP contribution in [0.1, 0.15) is 87.1 Å². The van der Waals surface area contributed by atoms with Gasteiger partial charge in [0.25, 0.3) is 0 Å². The van der Waals surface area contributed by atoms with Crippen LogP contribution in [0.5, 0.6) is 0 Å². The van der Waals surface area contributed by atoms with E-state index in [9.17, 15) is 4.79 Å². The monoisotopic (exact) mass is 764 g/mol. The molecule has 0 radical (unpaired) electrons. The van der Waals surface area contributed by atoms with E-state index in [4.69, 9.17) is 37.6 Å². The molecule has 1 aromatic rings. The lowest BCUT2D eigenvalue weighted by Crippen LogP contribution is -2.54. The van der Waals surface area contributed by atoms with E-state index in [0.717, 1.165) is 36.2 Å². The van der Waals surface area contributed by atoms with Crippen LogP contribution < -0.4 is 0 Å². The highest BCUT2D eigenvalue weighted by molar-refractivity contribution is 6.76. The third-order valence-electron chi connectivity index (χ3n) is 11.9. The van der Waals surface area contributed by atoms with Gasteiger partial charge in [-0.25, -0.2) is 0 Å². The van der Waals surface area contributed by atoms with Crippen LogP contribution in [0.25, 0.3) is 0 Å². The van der Waals surface area contributed by atoms with Crippen molar-refractivity contribution in [3.63, 3.8) is 0 Å². The Bertz CT molecular complexity index is 1230. The van der Waals surface area contributed by atoms with Crippen molar-refractivity contribution in [3.05, 3.63) is 35.9 Å². The molecule has 4 rings (SSSR count). The lowest BCUT2D eigenvalue weighted by Gasteiger charge is -2.42. The first-order chi connectivity index (χ1) is 24.5. The number of benzene rings is 1. The second-order valence-corrected chi connectivity index (χ2v) is 27.9. The molecule has 3 aliphatic heterocycles. The third-order valence-corrected chi connectivity index (χ3v) is 18.2. The van der Waals surface area contributed by atoms with Crippen LogP contribution >= 0.6 is 0 Å². The average molecular weight is 765 g/mol. The first-order valence-corrected chi connectivity index (χ1v) is 26.5. The molecule has 9 nitrogen and oxygen atoms in total. The highest BCUT2D eigenvalue weighted by Crippen LogP contribution is 2.52. The van der Waals surface area contributed by atoms with Crippen molar-refractivity contribution in [2.24, 2.45) is 17.8 Å². The van der Waals surface area contributed by atoms with E-state index in [0.29, 0.717) is 26.1 Å². The fourth-order valence-electron chi connectivity index (χ4n) is 8.44. The predicted octanol–water partition coefficient (Wildman–Crippen LogP) is 8.97. The Hall–Kier alpha value is -0.996. The van der Waals surface area contributed by atoms with Crippen LogP contribution in [0.2, 0.25) is 43.8 Å². The fourth-order valence-corrected chi connectivity index (χ4v) is 12.2. The van der Waals surface area contributed by atoms with Crippen molar-refractivity contribution >= 4 is 22.2 Å². The molecule has 11 heteroatoms. The van der Waals surface area contributed by atoms with Crippen molar-refractivity contribution in [2.75, 3.05) is 20.0 Å². The number of fused-ring (bicyclic) bond motifs is 1. The summed E-state index contributed by atoms with van der Waals surface area (Å²) in [4.78, 5) is 13.3. The summed E-state index contributed by atoms with van der Waals surface area (Å²) < 4.78 is 52.5. The number of hydrogen-bond donors (Lipinski definition) is 0. The Balaban J connectivity index is 1.49. The molecule has 1 aromatic carbocycles. The summed E-state index contributed by atoms with van der Waals surface area (Å²) in [7, 11) is -3.20. The van der Waals surface area contributed by atoms with Crippen molar-refractivity contribution in [3.8, 4) is 0 Å². The van der Waals surface area contributed by atoms with Crippen LogP contribution in [0.4, 0.5) is 0 Å². The van der Waals surface area contributed by atoms with Crippen molar-refractivity contribution < 1.29 is 42.4 Å². The molecule has 3 fully saturated rings. The van der Waals surface area contributed by atoms with Gasteiger partial charge in [0.2, 0.25) is 0 Å². The third kappa shape index (κ3) is 10.9. The SMILES string of the molecule is CC[C@]1([C@@H]2O[C@@H]([C@@H](O[Si](CC)(CC)CC)[C@@H](C)C[C@@H](C)C(=O)COCOCC[Si](C)(C)C)C[C@@H]2C)O[C@H](OCc2ccccc2)[C@H]2OC(C)(C)O[C@H]21. The number of ether oxygens (including phenoxy) is 7. The molecule has 0 unspecified atom stereocenters. The highest BCUT2D eigenvalue weighted by atomic mass is 28.4. The first-order valence-electron chi connectivity index (χ1n) is 20.2. The van der Waals surface area contributed by atoms with Gasteiger partial charge in [-0.15, -0.1) is 0 Å². The molecule has 52 heavy (non-hydrogen) atoms. The highest BCUT2D eigenvalue weighted by Gasteiger charge is 2.67. The van der Waals surface area contributed by atoms with E-state index in [1.165, 1.54) is 0 Å². The Morgan fingerprint density at radius 3 is 2.23 bits per heavy atom. The molecule has 298 valence electrons. The van der Waals surface area contributed by atoms with Gasteiger partial charge in [-0.3, -0.25) is 4.79 Å². The lowest BCUT2D eigenvalue weighted by molar-refractivity contribution is -0.281. The predicted molar refractivity (Wildman–Crippen MR) is 210 cm³/mol. The number of ketones is 1. The topological polar surface area (TPSA) is 90.9 Å². The maximum Gasteiger partial charge on any atom is 0.192 e.